The molecule has 0 unspecified atom stereocenters. The van der Waals surface area contributed by atoms with Crippen LogP contribution in [0.4, 0.5) is 10.9 Å². The molecule has 1 aliphatic rings. The van der Waals surface area contributed by atoms with Crippen LogP contribution in [0.1, 0.15) is 32.6 Å². The molecule has 4 rings (SSSR count). The largest absolute Gasteiger partial charge is 0.488 e. The highest BCUT2D eigenvalue weighted by Crippen LogP contribution is 2.30. The average Bonchev–Trinajstić information content (AvgIpc) is 3.20. The van der Waals surface area contributed by atoms with Crippen LogP contribution in [0, 0.1) is 0 Å². The summed E-state index contributed by atoms with van der Waals surface area (Å²) in [5.41, 5.74) is 0.672. The van der Waals surface area contributed by atoms with Crippen molar-refractivity contribution in [2.75, 3.05) is 11.9 Å². The van der Waals surface area contributed by atoms with E-state index in [0.29, 0.717) is 28.8 Å². The van der Waals surface area contributed by atoms with Gasteiger partial charge in [0.25, 0.3) is 10.0 Å². The number of fused-ring (bicyclic) bond motifs is 1. The first-order valence-corrected chi connectivity index (χ1v) is 12.1. The molecule has 0 amide bonds. The number of thiazole rings is 1. The number of aliphatic hydroxyl groups excluding tert-OH is 1. The van der Waals surface area contributed by atoms with E-state index >= 15 is 0 Å². The van der Waals surface area contributed by atoms with Crippen molar-refractivity contribution < 1.29 is 18.3 Å². The summed E-state index contributed by atoms with van der Waals surface area (Å²) in [6, 6.07) is 5.68. The van der Waals surface area contributed by atoms with E-state index in [2.05, 4.69) is 25.0 Å². The number of sulfonamides is 1. The van der Waals surface area contributed by atoms with Crippen molar-refractivity contribution in [1.82, 2.24) is 19.7 Å². The summed E-state index contributed by atoms with van der Waals surface area (Å²) in [6.07, 6.45) is 6.02. The Balaban J connectivity index is 1.55. The van der Waals surface area contributed by atoms with Crippen LogP contribution in [-0.2, 0) is 10.0 Å². The van der Waals surface area contributed by atoms with Crippen LogP contribution in [0.2, 0.25) is 0 Å². The van der Waals surface area contributed by atoms with Crippen LogP contribution in [0.15, 0.2) is 34.9 Å². The topological polar surface area (TPSA) is 126 Å². The molecule has 0 bridgehead atoms. The van der Waals surface area contributed by atoms with E-state index in [9.17, 15) is 13.5 Å². The number of ether oxygens (including phenoxy) is 1. The van der Waals surface area contributed by atoms with Gasteiger partial charge in [0.05, 0.1) is 18.4 Å². The zero-order chi connectivity index (χ0) is 21.1. The first-order chi connectivity index (χ1) is 14.4. The van der Waals surface area contributed by atoms with Crippen molar-refractivity contribution in [2.45, 2.75) is 49.2 Å². The second kappa shape index (κ2) is 8.80. The minimum atomic E-state index is -3.60. The molecule has 2 aromatic heterocycles. The number of para-hydroxylation sites is 1. The molecule has 160 valence electrons. The zero-order valence-electron chi connectivity index (χ0n) is 16.4. The Morgan fingerprint density at radius 1 is 1.20 bits per heavy atom. The van der Waals surface area contributed by atoms with Gasteiger partial charge >= 0.3 is 0 Å². The summed E-state index contributed by atoms with van der Waals surface area (Å²) < 4.78 is 32.7. The molecular weight excluding hydrogens is 426 g/mol. The minimum Gasteiger partial charge on any atom is -0.488 e. The van der Waals surface area contributed by atoms with Crippen LogP contribution in [0.25, 0.3) is 10.9 Å². The van der Waals surface area contributed by atoms with Crippen molar-refractivity contribution >= 4 is 43.2 Å². The maximum Gasteiger partial charge on any atom is 0.267 e. The summed E-state index contributed by atoms with van der Waals surface area (Å²) >= 11 is 1.01. The second-order valence-electron chi connectivity index (χ2n) is 7.05. The number of aromatic nitrogens is 3. The molecule has 0 radical (unpaired) electrons. The van der Waals surface area contributed by atoms with Gasteiger partial charge in [0.2, 0.25) is 10.3 Å². The highest BCUT2D eigenvalue weighted by Gasteiger charge is 2.22. The molecule has 9 nitrogen and oxygen atoms in total. The van der Waals surface area contributed by atoms with E-state index in [0.717, 1.165) is 42.4 Å². The summed E-state index contributed by atoms with van der Waals surface area (Å²) in [5.74, 6) is 0.993. The number of hydrogen-bond acceptors (Lipinski definition) is 9. The number of hydrogen-bond donors (Lipinski definition) is 3. The van der Waals surface area contributed by atoms with Gasteiger partial charge in [0.1, 0.15) is 16.3 Å². The Morgan fingerprint density at radius 2 is 2.00 bits per heavy atom. The van der Waals surface area contributed by atoms with E-state index in [1.165, 1.54) is 6.20 Å². The van der Waals surface area contributed by atoms with Gasteiger partial charge < -0.3 is 15.2 Å². The van der Waals surface area contributed by atoms with E-state index < -0.39 is 10.0 Å². The standard InChI is InChI=1S/C19H23N5O4S2/c1-2-22-30(26,27)19-21-11-16(29-19)23-18-20-10-12-4-3-5-15(17(12)24-18)28-14-8-6-13(25)7-9-14/h3-5,10-11,13-14,22,25H,2,6-9H2,1H3,(H,20,23,24). The molecule has 0 saturated heterocycles. The van der Waals surface area contributed by atoms with Gasteiger partial charge in [-0.15, -0.1) is 0 Å². The number of aliphatic hydroxyl groups is 1. The minimum absolute atomic E-state index is 0.0175. The molecule has 3 N–H and O–H groups in total. The second-order valence-corrected chi connectivity index (χ2v) is 10.0. The fraction of sp³-hybridized carbons (Fsp3) is 0.421. The maximum atomic E-state index is 12.1. The third-order valence-electron chi connectivity index (χ3n) is 4.79. The molecule has 11 heteroatoms. The van der Waals surface area contributed by atoms with E-state index in [-0.39, 0.29) is 16.5 Å². The molecular formula is C19H23N5O4S2. The van der Waals surface area contributed by atoms with Gasteiger partial charge in [-0.2, -0.15) is 0 Å². The molecule has 0 atom stereocenters. The Morgan fingerprint density at radius 3 is 2.77 bits per heavy atom. The lowest BCUT2D eigenvalue weighted by atomic mass is 9.95. The first kappa shape index (κ1) is 20.9. The normalized spacial score (nSPS) is 19.7. The third kappa shape index (κ3) is 4.69. The van der Waals surface area contributed by atoms with Crippen LogP contribution in [0.5, 0.6) is 5.75 Å². The third-order valence-corrected chi connectivity index (χ3v) is 7.64. The highest BCUT2D eigenvalue weighted by atomic mass is 32.2. The monoisotopic (exact) mass is 449 g/mol. The Labute approximate surface area is 178 Å². The molecule has 1 fully saturated rings. The lowest BCUT2D eigenvalue weighted by Crippen LogP contribution is -2.26. The van der Waals surface area contributed by atoms with E-state index in [4.69, 9.17) is 4.74 Å². The molecule has 0 spiro atoms. The average molecular weight is 450 g/mol. The number of nitrogens with zero attached hydrogens (tertiary/aromatic N) is 3. The summed E-state index contributed by atoms with van der Waals surface area (Å²) in [7, 11) is -3.60. The molecule has 3 aromatic rings. The van der Waals surface area contributed by atoms with Crippen molar-refractivity contribution in [3.05, 3.63) is 30.6 Å². The van der Waals surface area contributed by atoms with Crippen molar-refractivity contribution in [1.29, 1.82) is 0 Å². The molecule has 1 aliphatic carbocycles. The van der Waals surface area contributed by atoms with Crippen molar-refractivity contribution in [2.24, 2.45) is 0 Å². The van der Waals surface area contributed by atoms with Crippen LogP contribution in [0.3, 0.4) is 0 Å². The lowest BCUT2D eigenvalue weighted by molar-refractivity contribution is 0.0672. The molecule has 2 heterocycles. The van der Waals surface area contributed by atoms with Crippen LogP contribution >= 0.6 is 11.3 Å². The highest BCUT2D eigenvalue weighted by molar-refractivity contribution is 7.91. The Bertz CT molecular complexity index is 1130. The number of anilines is 2. The Kier molecular flexibility index (Phi) is 6.14. The summed E-state index contributed by atoms with van der Waals surface area (Å²) in [6.45, 7) is 2.00. The fourth-order valence-electron chi connectivity index (χ4n) is 3.33. The molecule has 1 aromatic carbocycles. The summed E-state index contributed by atoms with van der Waals surface area (Å²) in [5, 5.41) is 14.1. The van der Waals surface area contributed by atoms with Crippen LogP contribution in [-0.4, -0.2) is 47.2 Å². The predicted molar refractivity (Wildman–Crippen MR) is 115 cm³/mol. The van der Waals surface area contributed by atoms with Crippen molar-refractivity contribution in [3.8, 4) is 5.75 Å². The van der Waals surface area contributed by atoms with Crippen LogP contribution < -0.4 is 14.8 Å². The van der Waals surface area contributed by atoms with Crippen molar-refractivity contribution in [3.63, 3.8) is 0 Å². The van der Waals surface area contributed by atoms with Gasteiger partial charge in [-0.25, -0.2) is 28.1 Å². The predicted octanol–water partition coefficient (Wildman–Crippen LogP) is 2.81. The number of rotatable bonds is 7. The van der Waals surface area contributed by atoms with Gasteiger partial charge in [-0.1, -0.05) is 30.4 Å². The van der Waals surface area contributed by atoms with Gasteiger partial charge in [-0.3, -0.25) is 0 Å². The van der Waals surface area contributed by atoms with E-state index in [1.807, 2.05) is 18.2 Å². The SMILES string of the molecule is CCNS(=O)(=O)c1ncc(Nc2ncc3cccc(OC4CCC(O)CC4)c3n2)s1. The molecule has 1 saturated carbocycles. The Hall–Kier alpha value is -2.34. The zero-order valence-corrected chi connectivity index (χ0v) is 18.0. The maximum absolute atomic E-state index is 12.1. The first-order valence-electron chi connectivity index (χ1n) is 9.77. The molecule has 30 heavy (non-hydrogen) atoms. The van der Waals surface area contributed by atoms with E-state index in [1.54, 1.807) is 13.1 Å². The number of benzene rings is 1. The fourth-order valence-corrected chi connectivity index (χ4v) is 5.45. The van der Waals surface area contributed by atoms with Gasteiger partial charge in [-0.05, 0) is 31.7 Å². The van der Waals surface area contributed by atoms with Gasteiger partial charge in [0.15, 0.2) is 0 Å². The number of nitrogens with one attached hydrogen (secondary N) is 2. The quantitative estimate of drug-likeness (QED) is 0.503. The lowest BCUT2D eigenvalue weighted by Gasteiger charge is -2.26. The summed E-state index contributed by atoms with van der Waals surface area (Å²) in [4.78, 5) is 12.9. The van der Waals surface area contributed by atoms with Gasteiger partial charge in [0, 0.05) is 18.1 Å². The molecule has 0 aliphatic heterocycles. The smallest absolute Gasteiger partial charge is 0.267 e.